The van der Waals surface area contributed by atoms with Crippen LogP contribution in [0, 0.1) is 0 Å². The molecule has 0 aromatic rings. The summed E-state index contributed by atoms with van der Waals surface area (Å²) in [5.41, 5.74) is 1.18. The minimum Gasteiger partial charge on any atom is -0.392 e. The third-order valence-corrected chi connectivity index (χ3v) is 2.94. The summed E-state index contributed by atoms with van der Waals surface area (Å²) in [4.78, 5) is 0. The topological polar surface area (TPSA) is 12.0 Å². The van der Waals surface area contributed by atoms with Crippen molar-refractivity contribution in [2.75, 3.05) is 7.05 Å². The highest BCUT2D eigenvalue weighted by Crippen LogP contribution is 2.11. The molecule has 0 saturated heterocycles. The quantitative estimate of drug-likeness (QED) is 0.491. The van der Waals surface area contributed by atoms with Crippen LogP contribution < -0.4 is 5.32 Å². The van der Waals surface area contributed by atoms with E-state index in [1.165, 1.54) is 63.5 Å². The molecule has 0 bridgehead atoms. The standard InChI is InChI=1S/C14H29N/c1-4-5-6-7-8-9-10-11-12-13-14(2)15-3/h15H,2,4-13H2,1,3H3. The van der Waals surface area contributed by atoms with E-state index in [9.17, 15) is 0 Å². The summed E-state index contributed by atoms with van der Waals surface area (Å²) in [6.07, 6.45) is 13.7. The van der Waals surface area contributed by atoms with Gasteiger partial charge in [0.1, 0.15) is 0 Å². The zero-order valence-corrected chi connectivity index (χ0v) is 10.8. The Labute approximate surface area is 96.3 Å². The van der Waals surface area contributed by atoms with Gasteiger partial charge >= 0.3 is 0 Å². The van der Waals surface area contributed by atoms with E-state index in [1.54, 1.807) is 0 Å². The molecule has 1 heteroatoms. The Hall–Kier alpha value is -0.460. The third kappa shape index (κ3) is 11.5. The molecular weight excluding hydrogens is 182 g/mol. The lowest BCUT2D eigenvalue weighted by Gasteiger charge is -2.04. The normalized spacial score (nSPS) is 10.3. The van der Waals surface area contributed by atoms with Gasteiger partial charge in [-0.15, -0.1) is 0 Å². The average molecular weight is 211 g/mol. The maximum atomic E-state index is 3.93. The third-order valence-electron chi connectivity index (χ3n) is 2.94. The van der Waals surface area contributed by atoms with Gasteiger partial charge < -0.3 is 5.32 Å². The van der Waals surface area contributed by atoms with Crippen molar-refractivity contribution in [1.82, 2.24) is 5.32 Å². The summed E-state index contributed by atoms with van der Waals surface area (Å²) >= 11 is 0. The van der Waals surface area contributed by atoms with E-state index in [0.717, 1.165) is 6.42 Å². The van der Waals surface area contributed by atoms with Crippen LogP contribution in [-0.2, 0) is 0 Å². The van der Waals surface area contributed by atoms with Gasteiger partial charge in [-0.1, -0.05) is 64.9 Å². The Morgan fingerprint density at radius 3 is 1.80 bits per heavy atom. The van der Waals surface area contributed by atoms with Gasteiger partial charge in [0, 0.05) is 12.7 Å². The van der Waals surface area contributed by atoms with Crippen molar-refractivity contribution < 1.29 is 0 Å². The van der Waals surface area contributed by atoms with Crippen LogP contribution >= 0.6 is 0 Å². The SMILES string of the molecule is C=C(CCCCCCCCCCC)NC. The largest absolute Gasteiger partial charge is 0.392 e. The molecule has 0 amide bonds. The monoisotopic (exact) mass is 211 g/mol. The zero-order valence-electron chi connectivity index (χ0n) is 10.8. The summed E-state index contributed by atoms with van der Waals surface area (Å²) < 4.78 is 0. The molecule has 0 rings (SSSR count). The first-order chi connectivity index (χ1) is 7.31. The lowest BCUT2D eigenvalue weighted by Crippen LogP contribution is -2.03. The van der Waals surface area contributed by atoms with Crippen molar-refractivity contribution in [3.05, 3.63) is 12.3 Å². The highest BCUT2D eigenvalue weighted by atomic mass is 14.8. The second-order valence-corrected chi connectivity index (χ2v) is 4.43. The van der Waals surface area contributed by atoms with Gasteiger partial charge in [0.05, 0.1) is 0 Å². The first kappa shape index (κ1) is 14.5. The Morgan fingerprint density at radius 2 is 1.33 bits per heavy atom. The number of allylic oxidation sites excluding steroid dienone is 1. The van der Waals surface area contributed by atoms with E-state index in [-0.39, 0.29) is 0 Å². The first-order valence-electron chi connectivity index (χ1n) is 6.66. The molecule has 1 N–H and O–H groups in total. The molecule has 0 spiro atoms. The van der Waals surface area contributed by atoms with Crippen molar-refractivity contribution in [3.8, 4) is 0 Å². The molecule has 0 aliphatic rings. The lowest BCUT2D eigenvalue weighted by molar-refractivity contribution is 0.562. The maximum Gasteiger partial charge on any atom is 0.00310 e. The predicted molar refractivity (Wildman–Crippen MR) is 70.0 cm³/mol. The van der Waals surface area contributed by atoms with E-state index < -0.39 is 0 Å². The molecule has 0 atom stereocenters. The van der Waals surface area contributed by atoms with E-state index in [1.807, 2.05) is 7.05 Å². The minimum absolute atomic E-state index is 1.15. The minimum atomic E-state index is 1.15. The van der Waals surface area contributed by atoms with E-state index in [4.69, 9.17) is 0 Å². The Balaban J connectivity index is 2.95. The van der Waals surface area contributed by atoms with Gasteiger partial charge in [-0.2, -0.15) is 0 Å². The molecular formula is C14H29N. The zero-order chi connectivity index (χ0) is 11.4. The van der Waals surface area contributed by atoms with E-state index in [2.05, 4.69) is 18.8 Å². The average Bonchev–Trinajstić information content (AvgIpc) is 2.26. The first-order valence-corrected chi connectivity index (χ1v) is 6.66. The summed E-state index contributed by atoms with van der Waals surface area (Å²) in [6.45, 7) is 6.20. The number of rotatable bonds is 11. The molecule has 0 aromatic heterocycles. The van der Waals surface area contributed by atoms with Crippen LogP contribution in [0.3, 0.4) is 0 Å². The van der Waals surface area contributed by atoms with Crippen LogP contribution in [0.4, 0.5) is 0 Å². The molecule has 90 valence electrons. The van der Waals surface area contributed by atoms with E-state index >= 15 is 0 Å². The smallest absolute Gasteiger partial charge is 0.00310 e. The Morgan fingerprint density at radius 1 is 0.867 bits per heavy atom. The summed E-state index contributed by atoms with van der Waals surface area (Å²) in [7, 11) is 1.95. The molecule has 0 radical (unpaired) electrons. The van der Waals surface area contributed by atoms with Crippen molar-refractivity contribution in [2.45, 2.75) is 71.1 Å². The Bertz CT molecular complexity index is 140. The fourth-order valence-corrected chi connectivity index (χ4v) is 1.77. The molecule has 0 unspecified atom stereocenters. The number of hydrogen-bond acceptors (Lipinski definition) is 1. The fourth-order valence-electron chi connectivity index (χ4n) is 1.77. The van der Waals surface area contributed by atoms with E-state index in [0.29, 0.717) is 0 Å². The van der Waals surface area contributed by atoms with Crippen LogP contribution in [-0.4, -0.2) is 7.05 Å². The maximum absolute atomic E-state index is 3.93. The van der Waals surface area contributed by atoms with Crippen molar-refractivity contribution in [1.29, 1.82) is 0 Å². The summed E-state index contributed by atoms with van der Waals surface area (Å²) in [6, 6.07) is 0. The van der Waals surface area contributed by atoms with Gasteiger partial charge in [0.25, 0.3) is 0 Å². The summed E-state index contributed by atoms with van der Waals surface area (Å²) in [5, 5.41) is 3.10. The number of hydrogen-bond donors (Lipinski definition) is 1. The molecule has 15 heavy (non-hydrogen) atoms. The number of nitrogens with one attached hydrogen (secondary N) is 1. The van der Waals surface area contributed by atoms with Gasteiger partial charge in [0.15, 0.2) is 0 Å². The molecule has 0 aliphatic heterocycles. The molecule has 0 aromatic carbocycles. The van der Waals surface area contributed by atoms with Crippen LogP contribution in [0.1, 0.15) is 71.1 Å². The summed E-state index contributed by atoms with van der Waals surface area (Å²) in [5.74, 6) is 0. The fraction of sp³-hybridized carbons (Fsp3) is 0.857. The lowest BCUT2D eigenvalue weighted by atomic mass is 10.1. The molecule has 0 aliphatic carbocycles. The second kappa shape index (κ2) is 11.6. The molecule has 0 heterocycles. The molecule has 0 fully saturated rings. The van der Waals surface area contributed by atoms with Crippen LogP contribution in [0.15, 0.2) is 12.3 Å². The van der Waals surface area contributed by atoms with Crippen molar-refractivity contribution in [2.24, 2.45) is 0 Å². The Kier molecular flexibility index (Phi) is 11.3. The van der Waals surface area contributed by atoms with Crippen LogP contribution in [0.5, 0.6) is 0 Å². The predicted octanol–water partition coefficient (Wildman–Crippen LogP) is 4.64. The van der Waals surface area contributed by atoms with Gasteiger partial charge in [-0.05, 0) is 12.8 Å². The number of unbranched alkanes of at least 4 members (excludes halogenated alkanes) is 8. The molecule has 0 saturated carbocycles. The highest BCUT2D eigenvalue weighted by molar-refractivity contribution is 4.88. The molecule has 1 nitrogen and oxygen atoms in total. The van der Waals surface area contributed by atoms with Gasteiger partial charge in [0.2, 0.25) is 0 Å². The van der Waals surface area contributed by atoms with Crippen molar-refractivity contribution >= 4 is 0 Å². The van der Waals surface area contributed by atoms with Crippen LogP contribution in [0.2, 0.25) is 0 Å². The van der Waals surface area contributed by atoms with Gasteiger partial charge in [-0.25, -0.2) is 0 Å². The highest BCUT2D eigenvalue weighted by Gasteiger charge is 1.93. The van der Waals surface area contributed by atoms with Crippen molar-refractivity contribution in [3.63, 3.8) is 0 Å². The van der Waals surface area contributed by atoms with Gasteiger partial charge in [-0.3, -0.25) is 0 Å². The van der Waals surface area contributed by atoms with Crippen LogP contribution in [0.25, 0.3) is 0 Å². The second-order valence-electron chi connectivity index (χ2n) is 4.43.